The number of carbonyl (C=O) groups excluding carboxylic acids is 2. The zero-order valence-corrected chi connectivity index (χ0v) is 25.9. The maximum atomic E-state index is 13.6. The molecule has 1 amide bonds. The maximum absolute atomic E-state index is 13.6. The monoisotopic (exact) mass is 615 g/mol. The molecule has 2 saturated heterocycles. The summed E-state index contributed by atoms with van der Waals surface area (Å²) in [5.41, 5.74) is 1.72. The lowest BCUT2D eigenvalue weighted by Gasteiger charge is -2.33. The average Bonchev–Trinajstić information content (AvgIpc) is 3.37. The van der Waals surface area contributed by atoms with Crippen molar-refractivity contribution >= 4 is 33.4 Å². The van der Waals surface area contributed by atoms with E-state index in [1.54, 1.807) is 17.0 Å². The van der Waals surface area contributed by atoms with Crippen molar-refractivity contribution in [2.75, 3.05) is 26.2 Å². The summed E-state index contributed by atoms with van der Waals surface area (Å²) in [7, 11) is 0. The van der Waals surface area contributed by atoms with Gasteiger partial charge in [0.05, 0.1) is 15.8 Å². The molecule has 43 heavy (non-hydrogen) atoms. The van der Waals surface area contributed by atoms with Crippen molar-refractivity contribution < 1.29 is 27.5 Å². The molecular formula is C33H40F3N3O3S. The highest BCUT2D eigenvalue weighted by atomic mass is 32.1. The third-order valence-electron chi connectivity index (χ3n) is 8.37. The first-order valence-electron chi connectivity index (χ1n) is 15.2. The van der Waals surface area contributed by atoms with E-state index in [1.165, 1.54) is 16.9 Å². The number of fused-ring (bicyclic) bond motifs is 1. The van der Waals surface area contributed by atoms with E-state index in [4.69, 9.17) is 9.72 Å². The molecule has 3 heterocycles. The number of alkyl halides is 3. The Morgan fingerprint density at radius 1 is 0.930 bits per heavy atom. The number of likely N-dealkylation sites (tertiary alicyclic amines) is 2. The number of benzene rings is 2. The molecule has 2 aromatic carbocycles. The molecule has 0 aliphatic carbocycles. The Balaban J connectivity index is 1.19. The van der Waals surface area contributed by atoms with Crippen molar-refractivity contribution in [2.45, 2.75) is 83.5 Å². The molecule has 0 N–H and O–H groups in total. The normalized spacial score (nSPS) is 19.7. The Morgan fingerprint density at radius 2 is 1.65 bits per heavy atom. The van der Waals surface area contributed by atoms with E-state index >= 15 is 0 Å². The summed E-state index contributed by atoms with van der Waals surface area (Å²) in [6, 6.07) is 11.6. The molecule has 5 rings (SSSR count). The number of hydrogen-bond acceptors (Lipinski definition) is 6. The lowest BCUT2D eigenvalue weighted by Crippen LogP contribution is -2.41. The molecule has 3 aromatic rings. The average molecular weight is 616 g/mol. The molecule has 10 heteroatoms. The van der Waals surface area contributed by atoms with Crippen molar-refractivity contribution in [3.63, 3.8) is 0 Å². The highest BCUT2D eigenvalue weighted by molar-refractivity contribution is 7.20. The van der Waals surface area contributed by atoms with Gasteiger partial charge in [-0.1, -0.05) is 24.6 Å². The van der Waals surface area contributed by atoms with E-state index in [0.29, 0.717) is 43.5 Å². The lowest BCUT2D eigenvalue weighted by molar-refractivity contribution is -0.137. The summed E-state index contributed by atoms with van der Waals surface area (Å²) in [6.45, 7) is 9.07. The summed E-state index contributed by atoms with van der Waals surface area (Å²) in [5.74, 6) is 0.294. The molecule has 1 unspecified atom stereocenters. The van der Waals surface area contributed by atoms with Gasteiger partial charge in [0.2, 0.25) is 0 Å². The van der Waals surface area contributed by atoms with Crippen molar-refractivity contribution in [2.24, 2.45) is 5.92 Å². The highest BCUT2D eigenvalue weighted by Crippen LogP contribution is 2.34. The highest BCUT2D eigenvalue weighted by Gasteiger charge is 2.31. The second-order valence-corrected chi connectivity index (χ2v) is 13.8. The van der Waals surface area contributed by atoms with Crippen LogP contribution in [0.15, 0.2) is 42.5 Å². The van der Waals surface area contributed by atoms with Gasteiger partial charge in [0.1, 0.15) is 5.60 Å². The molecule has 2 aliphatic rings. The summed E-state index contributed by atoms with van der Waals surface area (Å²) in [5, 5.41) is 0.548. The Morgan fingerprint density at radius 3 is 2.33 bits per heavy atom. The molecule has 0 radical (unpaired) electrons. The van der Waals surface area contributed by atoms with Crippen LogP contribution in [-0.2, 0) is 17.5 Å². The fourth-order valence-electron chi connectivity index (χ4n) is 6.00. The topological polar surface area (TPSA) is 62.7 Å². The Labute approximate surface area is 255 Å². The zero-order chi connectivity index (χ0) is 30.8. The smallest absolute Gasteiger partial charge is 0.416 e. The van der Waals surface area contributed by atoms with Crippen LogP contribution in [0.4, 0.5) is 18.0 Å². The molecule has 232 valence electrons. The van der Waals surface area contributed by atoms with Gasteiger partial charge in [0.15, 0.2) is 10.8 Å². The summed E-state index contributed by atoms with van der Waals surface area (Å²) >= 11 is 1.45. The summed E-state index contributed by atoms with van der Waals surface area (Å²) < 4.78 is 45.3. The minimum absolute atomic E-state index is 0.0878. The molecule has 1 aromatic heterocycles. The maximum Gasteiger partial charge on any atom is 0.416 e. The third-order valence-corrected chi connectivity index (χ3v) is 9.42. The van der Waals surface area contributed by atoms with Crippen LogP contribution in [0.2, 0.25) is 0 Å². The van der Waals surface area contributed by atoms with Gasteiger partial charge >= 0.3 is 12.3 Å². The number of hydrogen-bond donors (Lipinski definition) is 0. The lowest BCUT2D eigenvalue weighted by atomic mass is 9.89. The molecule has 6 nitrogen and oxygen atoms in total. The minimum atomic E-state index is -4.34. The SMILES string of the molecule is CC(C)(C)OC(=O)N1CCC(c2ccc3sc(C(=O)C4CCCCN(Cc5ccc(C(F)(F)F)cc5)CC4)nc3c2)CC1. The number of amides is 1. The summed E-state index contributed by atoms with van der Waals surface area (Å²) in [4.78, 5) is 34.8. The van der Waals surface area contributed by atoms with Crippen LogP contribution in [0.25, 0.3) is 10.2 Å². The first-order chi connectivity index (χ1) is 20.4. The number of nitrogens with zero attached hydrogens (tertiary/aromatic N) is 3. The predicted octanol–water partition coefficient (Wildman–Crippen LogP) is 8.30. The van der Waals surface area contributed by atoms with Gasteiger partial charge in [-0.15, -0.1) is 11.3 Å². The summed E-state index contributed by atoms with van der Waals surface area (Å²) in [6.07, 6.45) is 0.507. The van der Waals surface area contributed by atoms with Crippen molar-refractivity contribution in [3.05, 3.63) is 64.2 Å². The molecule has 0 saturated carbocycles. The fraction of sp³-hybridized carbons (Fsp3) is 0.545. The third kappa shape index (κ3) is 8.15. The fourth-order valence-corrected chi connectivity index (χ4v) is 6.96. The Hall–Kier alpha value is -2.98. The molecule has 2 aliphatic heterocycles. The van der Waals surface area contributed by atoms with Crippen molar-refractivity contribution in [3.8, 4) is 0 Å². The minimum Gasteiger partial charge on any atom is -0.444 e. The van der Waals surface area contributed by atoms with E-state index in [9.17, 15) is 22.8 Å². The number of Topliss-reactive ketones (excluding diaryl/α,β-unsaturated/α-hetero) is 1. The number of aromatic nitrogens is 1. The van der Waals surface area contributed by atoms with Crippen molar-refractivity contribution in [1.29, 1.82) is 0 Å². The largest absolute Gasteiger partial charge is 0.444 e. The van der Waals surface area contributed by atoms with Gasteiger partial charge in [0.25, 0.3) is 0 Å². The van der Waals surface area contributed by atoms with Crippen LogP contribution >= 0.6 is 11.3 Å². The number of piperidine rings is 1. The predicted molar refractivity (Wildman–Crippen MR) is 162 cm³/mol. The van der Waals surface area contributed by atoms with Crippen LogP contribution in [0, 0.1) is 5.92 Å². The number of thiazole rings is 1. The van der Waals surface area contributed by atoms with Gasteiger partial charge in [-0.25, -0.2) is 9.78 Å². The van der Waals surface area contributed by atoms with Crippen LogP contribution in [0.3, 0.4) is 0 Å². The molecule has 0 bridgehead atoms. The Bertz CT molecular complexity index is 1420. The Kier molecular flexibility index (Phi) is 9.46. The van der Waals surface area contributed by atoms with Gasteiger partial charge in [-0.3, -0.25) is 9.69 Å². The molecule has 2 fully saturated rings. The number of rotatable bonds is 5. The van der Waals surface area contributed by atoms with E-state index < -0.39 is 17.3 Å². The van der Waals surface area contributed by atoms with E-state index in [2.05, 4.69) is 23.1 Å². The van der Waals surface area contributed by atoms with Crippen LogP contribution in [0.5, 0.6) is 0 Å². The van der Waals surface area contributed by atoms with Crippen molar-refractivity contribution in [1.82, 2.24) is 14.8 Å². The van der Waals surface area contributed by atoms with Crippen LogP contribution in [0.1, 0.15) is 91.7 Å². The van der Waals surface area contributed by atoms with E-state index in [1.807, 2.05) is 20.8 Å². The van der Waals surface area contributed by atoms with Gasteiger partial charge in [-0.2, -0.15) is 13.2 Å². The number of ether oxygens (including phenoxy) is 1. The number of carbonyl (C=O) groups is 2. The van der Waals surface area contributed by atoms with Crippen LogP contribution in [-0.4, -0.2) is 58.4 Å². The van der Waals surface area contributed by atoms with E-state index in [-0.39, 0.29) is 17.8 Å². The molecule has 0 spiro atoms. The second kappa shape index (κ2) is 12.9. The molecule has 1 atom stereocenters. The van der Waals surface area contributed by atoms with Gasteiger partial charge in [-0.05, 0) is 107 Å². The second-order valence-electron chi connectivity index (χ2n) is 12.8. The van der Waals surface area contributed by atoms with Gasteiger partial charge < -0.3 is 9.64 Å². The zero-order valence-electron chi connectivity index (χ0n) is 25.1. The standard InChI is InChI=1S/C33H40F3N3O3S/c1-32(2,3)42-31(41)39-18-14-23(15-19-39)25-9-12-28-27(20-25)37-30(43-28)29(40)24-6-4-5-16-38(17-13-24)21-22-7-10-26(11-8-22)33(34,35)36/h7-12,20,23-24H,4-6,13-19,21H2,1-3H3. The number of ketones is 1. The first-order valence-corrected chi connectivity index (χ1v) is 16.0. The molecular weight excluding hydrogens is 575 g/mol. The number of halogens is 3. The first kappa shape index (κ1) is 31.4. The quantitative estimate of drug-likeness (QED) is 0.270. The van der Waals surface area contributed by atoms with Crippen LogP contribution < -0.4 is 0 Å². The van der Waals surface area contributed by atoms with E-state index in [0.717, 1.165) is 66.6 Å². The van der Waals surface area contributed by atoms with Gasteiger partial charge in [0, 0.05) is 25.6 Å².